The molecule has 0 radical (unpaired) electrons. The summed E-state index contributed by atoms with van der Waals surface area (Å²) in [5, 5.41) is 0. The Kier molecular flexibility index (Phi) is 2.95. The molecule has 2 atom stereocenters. The van der Waals surface area contributed by atoms with E-state index < -0.39 is 0 Å². The number of alkyl halides is 1. The van der Waals surface area contributed by atoms with Gasteiger partial charge in [0.05, 0.1) is 12.5 Å². The fraction of sp³-hybridized carbons (Fsp3) is 0.857. The molecule has 2 nitrogen and oxygen atoms in total. The summed E-state index contributed by atoms with van der Waals surface area (Å²) in [6.45, 7) is 2.36. The van der Waals surface area contributed by atoms with Gasteiger partial charge in [-0.2, -0.15) is 0 Å². The van der Waals surface area contributed by atoms with Crippen LogP contribution in [0.15, 0.2) is 0 Å². The van der Waals surface area contributed by atoms with Gasteiger partial charge in [-0.3, -0.25) is 4.79 Å². The predicted molar refractivity (Wildman–Crippen MR) is 47.1 cm³/mol. The summed E-state index contributed by atoms with van der Waals surface area (Å²) in [6.07, 6.45) is 1.04. The fourth-order valence-corrected chi connectivity index (χ4v) is 1.93. The molecule has 1 aliphatic carbocycles. The first kappa shape index (κ1) is 8.30. The molecule has 0 N–H and O–H groups in total. The number of halogens is 1. The average Bonchev–Trinajstić information content (AvgIpc) is 2.66. The lowest BCUT2D eigenvalue weighted by Gasteiger charge is -1.97. The van der Waals surface area contributed by atoms with Gasteiger partial charge in [-0.15, -0.1) is 0 Å². The first-order valence-corrected chi connectivity index (χ1v) is 5.04. The molecule has 58 valence electrons. The number of hydrogen-bond acceptors (Lipinski definition) is 2. The molecule has 0 aromatic rings. The highest BCUT2D eigenvalue weighted by Gasteiger charge is 2.42. The van der Waals surface area contributed by atoms with Gasteiger partial charge in [0.1, 0.15) is 0 Å². The maximum atomic E-state index is 10.9. The van der Waals surface area contributed by atoms with Crippen LogP contribution in [0.4, 0.5) is 0 Å². The van der Waals surface area contributed by atoms with Crippen molar-refractivity contribution < 1.29 is 9.53 Å². The van der Waals surface area contributed by atoms with Crippen molar-refractivity contribution in [1.82, 2.24) is 0 Å². The lowest BCUT2D eigenvalue weighted by Crippen LogP contribution is -2.07. The van der Waals surface area contributed by atoms with E-state index in [1.807, 2.05) is 6.92 Å². The van der Waals surface area contributed by atoms with Crippen molar-refractivity contribution in [2.24, 2.45) is 11.8 Å². The molecule has 0 amide bonds. The summed E-state index contributed by atoms with van der Waals surface area (Å²) >= 11 is 2.31. The van der Waals surface area contributed by atoms with Crippen LogP contribution in [0.5, 0.6) is 0 Å². The van der Waals surface area contributed by atoms with Crippen LogP contribution in [0.3, 0.4) is 0 Å². The van der Waals surface area contributed by atoms with Gasteiger partial charge in [-0.25, -0.2) is 0 Å². The van der Waals surface area contributed by atoms with Gasteiger partial charge < -0.3 is 4.74 Å². The standard InChI is InChI=1S/C7H11IO2/c1-2-10-7(9)6-3-5(6)4-8/h5-6H,2-4H2,1H3. The Hall–Kier alpha value is 0.200. The number of carbonyl (C=O) groups excluding carboxylic acids is 1. The maximum Gasteiger partial charge on any atom is 0.309 e. The van der Waals surface area contributed by atoms with E-state index in [4.69, 9.17) is 4.74 Å². The van der Waals surface area contributed by atoms with E-state index in [1.54, 1.807) is 0 Å². The molecule has 3 heteroatoms. The van der Waals surface area contributed by atoms with Crippen LogP contribution in [-0.4, -0.2) is 17.0 Å². The van der Waals surface area contributed by atoms with Gasteiger partial charge in [-0.1, -0.05) is 22.6 Å². The van der Waals surface area contributed by atoms with Crippen molar-refractivity contribution in [1.29, 1.82) is 0 Å². The van der Waals surface area contributed by atoms with Crippen molar-refractivity contribution in [3.63, 3.8) is 0 Å². The summed E-state index contributed by atoms with van der Waals surface area (Å²) < 4.78 is 5.94. The molecule has 0 spiro atoms. The van der Waals surface area contributed by atoms with Crippen LogP contribution >= 0.6 is 22.6 Å². The highest BCUT2D eigenvalue weighted by molar-refractivity contribution is 14.1. The molecule has 0 aliphatic heterocycles. The first-order chi connectivity index (χ1) is 4.79. The third-order valence-electron chi connectivity index (χ3n) is 1.71. The van der Waals surface area contributed by atoms with E-state index in [1.165, 1.54) is 0 Å². The minimum atomic E-state index is 0.00386. The second-order valence-electron chi connectivity index (χ2n) is 2.51. The molecular weight excluding hydrogens is 243 g/mol. The minimum absolute atomic E-state index is 0.00386. The molecule has 1 fully saturated rings. The molecule has 0 heterocycles. The van der Waals surface area contributed by atoms with E-state index >= 15 is 0 Å². The largest absolute Gasteiger partial charge is 0.466 e. The third kappa shape index (κ3) is 1.84. The smallest absolute Gasteiger partial charge is 0.309 e. The van der Waals surface area contributed by atoms with Crippen LogP contribution in [0.2, 0.25) is 0 Å². The van der Waals surface area contributed by atoms with Gasteiger partial charge >= 0.3 is 5.97 Å². The molecule has 1 aliphatic rings. The Bertz CT molecular complexity index is 136. The van der Waals surface area contributed by atoms with Gasteiger partial charge in [0.25, 0.3) is 0 Å². The molecule has 0 saturated heterocycles. The fourth-order valence-electron chi connectivity index (χ4n) is 0.956. The van der Waals surface area contributed by atoms with Gasteiger partial charge in [0, 0.05) is 4.43 Å². The van der Waals surface area contributed by atoms with Crippen molar-refractivity contribution >= 4 is 28.6 Å². The zero-order valence-electron chi connectivity index (χ0n) is 5.97. The van der Waals surface area contributed by atoms with E-state index in [0.29, 0.717) is 12.5 Å². The zero-order valence-corrected chi connectivity index (χ0v) is 8.13. The summed E-state index contributed by atoms with van der Waals surface area (Å²) in [4.78, 5) is 10.9. The van der Waals surface area contributed by atoms with Gasteiger partial charge in [0.2, 0.25) is 0 Å². The zero-order chi connectivity index (χ0) is 7.56. The molecular formula is C7H11IO2. The van der Waals surface area contributed by atoms with E-state index in [0.717, 1.165) is 10.8 Å². The summed E-state index contributed by atoms with van der Waals surface area (Å²) in [5.41, 5.74) is 0. The average molecular weight is 254 g/mol. The SMILES string of the molecule is CCOC(=O)C1CC1CI. The third-order valence-corrected chi connectivity index (χ3v) is 2.84. The van der Waals surface area contributed by atoms with Gasteiger partial charge in [-0.05, 0) is 19.3 Å². The Morgan fingerprint density at radius 2 is 2.50 bits per heavy atom. The van der Waals surface area contributed by atoms with Crippen molar-refractivity contribution in [2.75, 3.05) is 11.0 Å². The second kappa shape index (κ2) is 3.55. The Balaban J connectivity index is 2.19. The van der Waals surface area contributed by atoms with E-state index in [2.05, 4.69) is 22.6 Å². The van der Waals surface area contributed by atoms with E-state index in [9.17, 15) is 4.79 Å². The number of ether oxygens (including phenoxy) is 1. The lowest BCUT2D eigenvalue weighted by molar-refractivity contribution is -0.144. The molecule has 10 heavy (non-hydrogen) atoms. The Labute approximate surface area is 74.5 Å². The predicted octanol–water partition coefficient (Wildman–Crippen LogP) is 1.62. The van der Waals surface area contributed by atoms with E-state index in [-0.39, 0.29) is 11.9 Å². The number of hydrogen-bond donors (Lipinski definition) is 0. The molecule has 2 unspecified atom stereocenters. The molecule has 1 saturated carbocycles. The van der Waals surface area contributed by atoms with Crippen LogP contribution in [0, 0.1) is 11.8 Å². The van der Waals surface area contributed by atoms with Gasteiger partial charge in [0.15, 0.2) is 0 Å². The summed E-state index contributed by atoms with van der Waals surface area (Å²) in [7, 11) is 0. The maximum absolute atomic E-state index is 10.9. The topological polar surface area (TPSA) is 26.3 Å². The molecule has 0 bridgehead atoms. The van der Waals surface area contributed by atoms with Crippen LogP contribution in [0.1, 0.15) is 13.3 Å². The summed E-state index contributed by atoms with van der Waals surface area (Å²) in [6, 6.07) is 0. The quantitative estimate of drug-likeness (QED) is 0.434. The highest BCUT2D eigenvalue weighted by atomic mass is 127. The Morgan fingerprint density at radius 3 is 2.90 bits per heavy atom. The molecule has 1 rings (SSSR count). The molecule has 0 aromatic heterocycles. The lowest BCUT2D eigenvalue weighted by atomic mass is 10.3. The second-order valence-corrected chi connectivity index (χ2v) is 3.39. The first-order valence-electron chi connectivity index (χ1n) is 3.52. The monoisotopic (exact) mass is 254 g/mol. The Morgan fingerprint density at radius 1 is 1.80 bits per heavy atom. The normalized spacial score (nSPS) is 29.8. The van der Waals surface area contributed by atoms with Crippen molar-refractivity contribution in [3.05, 3.63) is 0 Å². The highest BCUT2D eigenvalue weighted by Crippen LogP contribution is 2.40. The van der Waals surface area contributed by atoms with Crippen LogP contribution in [0.25, 0.3) is 0 Å². The number of esters is 1. The minimum Gasteiger partial charge on any atom is -0.466 e. The van der Waals surface area contributed by atoms with Crippen molar-refractivity contribution in [3.8, 4) is 0 Å². The van der Waals surface area contributed by atoms with Crippen LogP contribution < -0.4 is 0 Å². The van der Waals surface area contributed by atoms with Crippen LogP contribution in [-0.2, 0) is 9.53 Å². The number of carbonyl (C=O) groups is 1. The number of rotatable bonds is 3. The van der Waals surface area contributed by atoms with Crippen molar-refractivity contribution in [2.45, 2.75) is 13.3 Å². The summed E-state index contributed by atoms with van der Waals surface area (Å²) in [5.74, 6) is 0.848. The molecule has 0 aromatic carbocycles.